The summed E-state index contributed by atoms with van der Waals surface area (Å²) in [5.74, 6) is 0.741. The SMILES string of the molecule is CC1(C)O[C@H]2C[S@@](=O)C[C@@]2(C)O1. The summed E-state index contributed by atoms with van der Waals surface area (Å²) in [5.41, 5.74) is -0.311. The Kier molecular flexibility index (Phi) is 1.66. The average Bonchev–Trinajstić information content (AvgIpc) is 2.11. The van der Waals surface area contributed by atoms with Crippen molar-refractivity contribution < 1.29 is 13.7 Å². The van der Waals surface area contributed by atoms with Crippen LogP contribution >= 0.6 is 0 Å². The van der Waals surface area contributed by atoms with Gasteiger partial charge in [0.15, 0.2) is 5.79 Å². The van der Waals surface area contributed by atoms with Crippen molar-refractivity contribution in [2.24, 2.45) is 0 Å². The van der Waals surface area contributed by atoms with E-state index in [0.29, 0.717) is 11.5 Å². The van der Waals surface area contributed by atoms with Crippen LogP contribution in [0.25, 0.3) is 0 Å². The molecule has 0 N–H and O–H groups in total. The maximum absolute atomic E-state index is 11.2. The Morgan fingerprint density at radius 2 is 2.08 bits per heavy atom. The molecule has 0 aromatic rings. The van der Waals surface area contributed by atoms with Gasteiger partial charge in [0.05, 0.1) is 11.5 Å². The van der Waals surface area contributed by atoms with Crippen LogP contribution in [0.4, 0.5) is 0 Å². The number of ether oxygens (including phenoxy) is 2. The summed E-state index contributed by atoms with van der Waals surface area (Å²) < 4.78 is 22.6. The Hall–Kier alpha value is 0.0700. The Bertz CT molecular complexity index is 238. The van der Waals surface area contributed by atoms with Crippen molar-refractivity contribution in [3.8, 4) is 0 Å². The number of hydrogen-bond donors (Lipinski definition) is 0. The first-order valence-corrected chi connectivity index (χ1v) is 5.63. The van der Waals surface area contributed by atoms with E-state index in [1.54, 1.807) is 0 Å². The molecule has 2 aliphatic heterocycles. The lowest BCUT2D eigenvalue weighted by molar-refractivity contribution is -0.156. The van der Waals surface area contributed by atoms with E-state index in [9.17, 15) is 4.21 Å². The molecule has 2 rings (SSSR count). The molecule has 0 amide bonds. The van der Waals surface area contributed by atoms with Gasteiger partial charge < -0.3 is 9.47 Å². The van der Waals surface area contributed by atoms with Gasteiger partial charge in [0, 0.05) is 10.8 Å². The van der Waals surface area contributed by atoms with E-state index in [1.165, 1.54) is 0 Å². The lowest BCUT2D eigenvalue weighted by atomic mass is 10.0. The minimum absolute atomic E-state index is 0.0216. The van der Waals surface area contributed by atoms with Crippen LogP contribution in [0.3, 0.4) is 0 Å². The summed E-state index contributed by atoms with van der Waals surface area (Å²) in [5, 5.41) is 0. The molecule has 2 fully saturated rings. The maximum Gasteiger partial charge on any atom is 0.164 e. The highest BCUT2D eigenvalue weighted by molar-refractivity contribution is 7.85. The third kappa shape index (κ3) is 1.22. The van der Waals surface area contributed by atoms with Crippen molar-refractivity contribution in [2.45, 2.75) is 38.3 Å². The molecular formula is C8H14O3S. The second kappa shape index (κ2) is 2.30. The lowest BCUT2D eigenvalue weighted by Crippen LogP contribution is -2.35. The van der Waals surface area contributed by atoms with Crippen LogP contribution in [0.5, 0.6) is 0 Å². The molecule has 0 saturated carbocycles. The van der Waals surface area contributed by atoms with Gasteiger partial charge in [0.25, 0.3) is 0 Å². The Morgan fingerprint density at radius 3 is 2.67 bits per heavy atom. The van der Waals surface area contributed by atoms with E-state index < -0.39 is 16.6 Å². The Morgan fingerprint density at radius 1 is 1.42 bits per heavy atom. The summed E-state index contributed by atoms with van der Waals surface area (Å²) in [7, 11) is -0.754. The lowest BCUT2D eigenvalue weighted by Gasteiger charge is -2.22. The van der Waals surface area contributed by atoms with Gasteiger partial charge in [-0.25, -0.2) is 0 Å². The minimum Gasteiger partial charge on any atom is -0.343 e. The maximum atomic E-state index is 11.2. The van der Waals surface area contributed by atoms with Gasteiger partial charge in [-0.05, 0) is 20.8 Å². The normalized spacial score (nSPS) is 50.9. The Labute approximate surface area is 74.9 Å². The third-order valence-corrected chi connectivity index (χ3v) is 3.94. The molecule has 0 aromatic heterocycles. The fourth-order valence-corrected chi connectivity index (χ4v) is 3.76. The van der Waals surface area contributed by atoms with Crippen LogP contribution in [-0.4, -0.2) is 33.2 Å². The molecule has 2 aliphatic rings. The molecule has 2 heterocycles. The summed E-state index contributed by atoms with van der Waals surface area (Å²) in [4.78, 5) is 0. The summed E-state index contributed by atoms with van der Waals surface area (Å²) >= 11 is 0. The second-order valence-electron chi connectivity index (χ2n) is 4.17. The first-order valence-electron chi connectivity index (χ1n) is 4.14. The van der Waals surface area contributed by atoms with Crippen LogP contribution in [0.15, 0.2) is 0 Å². The van der Waals surface area contributed by atoms with Crippen LogP contribution < -0.4 is 0 Å². The van der Waals surface area contributed by atoms with E-state index in [-0.39, 0.29) is 11.7 Å². The zero-order valence-corrected chi connectivity index (χ0v) is 8.44. The van der Waals surface area contributed by atoms with E-state index in [0.717, 1.165) is 0 Å². The van der Waals surface area contributed by atoms with Gasteiger partial charge in [-0.15, -0.1) is 0 Å². The Balaban J connectivity index is 2.22. The highest BCUT2D eigenvalue weighted by Gasteiger charge is 2.55. The summed E-state index contributed by atoms with van der Waals surface area (Å²) in [6, 6.07) is 0. The van der Waals surface area contributed by atoms with Gasteiger partial charge in [0.1, 0.15) is 11.7 Å². The van der Waals surface area contributed by atoms with Crippen molar-refractivity contribution in [3.05, 3.63) is 0 Å². The van der Waals surface area contributed by atoms with E-state index in [1.807, 2.05) is 20.8 Å². The predicted molar refractivity (Wildman–Crippen MR) is 46.3 cm³/mol. The first kappa shape index (κ1) is 8.66. The fourth-order valence-electron chi connectivity index (χ4n) is 2.00. The van der Waals surface area contributed by atoms with Crippen molar-refractivity contribution in [1.82, 2.24) is 0 Å². The molecule has 70 valence electrons. The van der Waals surface area contributed by atoms with Crippen molar-refractivity contribution in [3.63, 3.8) is 0 Å². The smallest absolute Gasteiger partial charge is 0.164 e. The molecular weight excluding hydrogens is 176 g/mol. The van der Waals surface area contributed by atoms with Crippen molar-refractivity contribution in [1.29, 1.82) is 0 Å². The van der Waals surface area contributed by atoms with Crippen LogP contribution in [0, 0.1) is 0 Å². The van der Waals surface area contributed by atoms with Crippen molar-refractivity contribution in [2.75, 3.05) is 11.5 Å². The molecule has 0 aliphatic carbocycles. The number of fused-ring (bicyclic) bond motifs is 1. The molecule has 0 bridgehead atoms. The van der Waals surface area contributed by atoms with Gasteiger partial charge in [-0.3, -0.25) is 4.21 Å². The average molecular weight is 190 g/mol. The zero-order chi connectivity index (χ0) is 8.98. The first-order chi connectivity index (χ1) is 5.41. The standard InChI is InChI=1S/C8H14O3S/c1-7(2)10-6-4-12(9)5-8(6,3)11-7/h6H,4-5H2,1-3H3/t6-,8+,12+/m0/s1. The quantitative estimate of drug-likeness (QED) is 0.563. The third-order valence-electron chi connectivity index (χ3n) is 2.37. The molecule has 3 atom stereocenters. The summed E-state index contributed by atoms with van der Waals surface area (Å²) in [6.07, 6.45) is 0.0216. The fraction of sp³-hybridized carbons (Fsp3) is 1.00. The zero-order valence-electron chi connectivity index (χ0n) is 7.62. The molecule has 4 heteroatoms. The van der Waals surface area contributed by atoms with E-state index >= 15 is 0 Å². The van der Waals surface area contributed by atoms with Crippen LogP contribution in [0.2, 0.25) is 0 Å². The molecule has 0 unspecified atom stereocenters. The molecule has 0 aromatic carbocycles. The molecule has 2 saturated heterocycles. The minimum atomic E-state index is -0.754. The van der Waals surface area contributed by atoms with Gasteiger partial charge in [-0.2, -0.15) is 0 Å². The monoisotopic (exact) mass is 190 g/mol. The van der Waals surface area contributed by atoms with Crippen LogP contribution in [0.1, 0.15) is 20.8 Å². The van der Waals surface area contributed by atoms with Crippen molar-refractivity contribution >= 4 is 10.8 Å². The second-order valence-corrected chi connectivity index (χ2v) is 5.67. The predicted octanol–water partition coefficient (Wildman–Crippen LogP) is 0.659. The topological polar surface area (TPSA) is 35.5 Å². The number of hydrogen-bond acceptors (Lipinski definition) is 3. The highest BCUT2D eigenvalue weighted by atomic mass is 32.2. The van der Waals surface area contributed by atoms with Gasteiger partial charge in [-0.1, -0.05) is 0 Å². The highest BCUT2D eigenvalue weighted by Crippen LogP contribution is 2.40. The largest absolute Gasteiger partial charge is 0.343 e. The molecule has 0 radical (unpaired) electrons. The van der Waals surface area contributed by atoms with Gasteiger partial charge >= 0.3 is 0 Å². The molecule has 0 spiro atoms. The van der Waals surface area contributed by atoms with Crippen LogP contribution in [-0.2, 0) is 20.3 Å². The molecule has 12 heavy (non-hydrogen) atoms. The van der Waals surface area contributed by atoms with Gasteiger partial charge in [0.2, 0.25) is 0 Å². The number of rotatable bonds is 0. The molecule has 3 nitrogen and oxygen atoms in total. The van der Waals surface area contributed by atoms with E-state index in [2.05, 4.69) is 0 Å². The summed E-state index contributed by atoms with van der Waals surface area (Å²) in [6.45, 7) is 5.79. The van der Waals surface area contributed by atoms with E-state index in [4.69, 9.17) is 9.47 Å².